The highest BCUT2D eigenvalue weighted by atomic mass is 31.2. The zero-order chi connectivity index (χ0) is 16.7. The number of nitrogen functional groups attached to an aromatic ring is 1. The van der Waals surface area contributed by atoms with E-state index in [0.717, 1.165) is 0 Å². The third-order valence-corrected chi connectivity index (χ3v) is 4.43. The lowest BCUT2D eigenvalue weighted by atomic mass is 10.3. The van der Waals surface area contributed by atoms with Gasteiger partial charge in [0.1, 0.15) is 11.6 Å². The van der Waals surface area contributed by atoms with E-state index in [1.54, 1.807) is 24.3 Å². The van der Waals surface area contributed by atoms with Crippen LogP contribution in [0.25, 0.3) is 0 Å². The lowest BCUT2D eigenvalue weighted by Crippen LogP contribution is -2.25. The van der Waals surface area contributed by atoms with E-state index in [1.165, 1.54) is 23.9 Å². The number of para-hydroxylation sites is 1. The molecule has 0 aliphatic rings. The van der Waals surface area contributed by atoms with Crippen molar-refractivity contribution in [3.63, 3.8) is 0 Å². The molecule has 2 N–H and O–H groups in total. The van der Waals surface area contributed by atoms with E-state index >= 15 is 0 Å². The summed E-state index contributed by atoms with van der Waals surface area (Å²) in [5, 5.41) is 0. The second-order valence-corrected chi connectivity index (χ2v) is 6.59. The second-order valence-electron chi connectivity index (χ2n) is 4.56. The molecule has 1 aromatic heterocycles. The van der Waals surface area contributed by atoms with Crippen molar-refractivity contribution < 1.29 is 18.3 Å². The predicted molar refractivity (Wildman–Crippen MR) is 85.4 cm³/mol. The Morgan fingerprint density at radius 2 is 2.00 bits per heavy atom. The van der Waals surface area contributed by atoms with E-state index in [2.05, 4.69) is 4.98 Å². The summed E-state index contributed by atoms with van der Waals surface area (Å²) in [6.45, 7) is 0.401. The van der Waals surface area contributed by atoms with Crippen LogP contribution in [-0.2, 0) is 20.4 Å². The quantitative estimate of drug-likeness (QED) is 0.576. The molecule has 1 heterocycles. The number of benzene rings is 1. The lowest BCUT2D eigenvalue weighted by Gasteiger charge is -2.17. The topological polar surface area (TPSA) is 106 Å². The molecule has 0 aliphatic heterocycles. The van der Waals surface area contributed by atoms with Crippen molar-refractivity contribution >= 4 is 13.4 Å². The van der Waals surface area contributed by atoms with Crippen LogP contribution in [-0.4, -0.2) is 29.6 Å². The van der Waals surface area contributed by atoms with Crippen molar-refractivity contribution in [2.24, 2.45) is 0 Å². The van der Waals surface area contributed by atoms with Crippen molar-refractivity contribution in [2.45, 2.75) is 6.54 Å². The van der Waals surface area contributed by atoms with Gasteiger partial charge in [-0.25, -0.2) is 9.36 Å². The van der Waals surface area contributed by atoms with Crippen LogP contribution in [0.5, 0.6) is 5.75 Å². The molecule has 0 radical (unpaired) electrons. The van der Waals surface area contributed by atoms with Gasteiger partial charge in [-0.2, -0.15) is 4.98 Å². The Morgan fingerprint density at radius 3 is 2.65 bits per heavy atom. The average Bonchev–Trinajstić information content (AvgIpc) is 2.54. The SMILES string of the molecule is COP(=O)(COCCn1ccc(N)nc1=O)Oc1ccccc1. The summed E-state index contributed by atoms with van der Waals surface area (Å²) < 4.78 is 29.4. The smallest absolute Gasteiger partial charge is 0.404 e. The number of ether oxygens (including phenoxy) is 1. The van der Waals surface area contributed by atoms with Crippen molar-refractivity contribution in [1.29, 1.82) is 0 Å². The normalized spacial score (nSPS) is 13.4. The Morgan fingerprint density at radius 1 is 1.26 bits per heavy atom. The molecule has 2 rings (SSSR count). The average molecular weight is 339 g/mol. The zero-order valence-electron chi connectivity index (χ0n) is 12.6. The summed E-state index contributed by atoms with van der Waals surface area (Å²) in [5.74, 6) is 0.590. The minimum atomic E-state index is -3.41. The van der Waals surface area contributed by atoms with E-state index in [1.807, 2.05) is 6.07 Å². The Bertz CT molecular complexity index is 735. The van der Waals surface area contributed by atoms with E-state index < -0.39 is 13.3 Å². The fourth-order valence-electron chi connectivity index (χ4n) is 1.71. The van der Waals surface area contributed by atoms with Crippen molar-refractivity contribution in [1.82, 2.24) is 9.55 Å². The molecule has 0 spiro atoms. The van der Waals surface area contributed by atoms with Gasteiger partial charge in [-0.1, -0.05) is 18.2 Å². The minimum absolute atomic E-state index is 0.150. The first-order valence-corrected chi connectivity index (χ1v) is 8.55. The van der Waals surface area contributed by atoms with Gasteiger partial charge < -0.3 is 19.5 Å². The molecule has 0 aliphatic carbocycles. The molecule has 23 heavy (non-hydrogen) atoms. The van der Waals surface area contributed by atoms with Crippen LogP contribution in [0.2, 0.25) is 0 Å². The van der Waals surface area contributed by atoms with Crippen LogP contribution >= 0.6 is 7.60 Å². The maximum atomic E-state index is 12.4. The first-order chi connectivity index (χ1) is 11.0. The molecule has 0 saturated heterocycles. The Labute approximate surface area is 133 Å². The first-order valence-electron chi connectivity index (χ1n) is 6.82. The Balaban J connectivity index is 1.86. The van der Waals surface area contributed by atoms with Gasteiger partial charge in [-0.15, -0.1) is 0 Å². The van der Waals surface area contributed by atoms with Crippen molar-refractivity contribution in [2.75, 3.05) is 25.8 Å². The highest BCUT2D eigenvalue weighted by Gasteiger charge is 2.25. The van der Waals surface area contributed by atoms with Gasteiger partial charge in [0.15, 0.2) is 6.35 Å². The van der Waals surface area contributed by atoms with E-state index in [9.17, 15) is 9.36 Å². The molecule has 9 heteroatoms. The lowest BCUT2D eigenvalue weighted by molar-refractivity contribution is 0.144. The number of nitrogens with zero attached hydrogens (tertiary/aromatic N) is 2. The second kappa shape index (κ2) is 7.92. The Kier molecular flexibility index (Phi) is 5.92. The van der Waals surface area contributed by atoms with E-state index in [4.69, 9.17) is 19.5 Å². The molecule has 0 fully saturated rings. The van der Waals surface area contributed by atoms with Gasteiger partial charge in [0, 0.05) is 13.3 Å². The van der Waals surface area contributed by atoms with Crippen LogP contribution in [0, 0.1) is 0 Å². The van der Waals surface area contributed by atoms with E-state index in [-0.39, 0.29) is 25.3 Å². The number of rotatable bonds is 8. The minimum Gasteiger partial charge on any atom is -0.423 e. The summed E-state index contributed by atoms with van der Waals surface area (Å²) in [6, 6.07) is 10.2. The van der Waals surface area contributed by atoms with Crippen LogP contribution in [0.1, 0.15) is 0 Å². The number of anilines is 1. The molecule has 1 aromatic carbocycles. The van der Waals surface area contributed by atoms with Crippen molar-refractivity contribution in [3.05, 3.63) is 53.1 Å². The first kappa shape index (κ1) is 17.2. The Hall–Kier alpha value is -2.15. The molecule has 1 unspecified atom stereocenters. The zero-order valence-corrected chi connectivity index (χ0v) is 13.5. The highest BCUT2D eigenvalue weighted by Crippen LogP contribution is 2.47. The summed E-state index contributed by atoms with van der Waals surface area (Å²) in [7, 11) is -2.12. The molecular weight excluding hydrogens is 321 g/mol. The fourth-order valence-corrected chi connectivity index (χ4v) is 2.74. The van der Waals surface area contributed by atoms with Crippen molar-refractivity contribution in [3.8, 4) is 5.75 Å². The fraction of sp³-hybridized carbons (Fsp3) is 0.286. The molecular formula is C14H18N3O5P. The molecule has 0 saturated carbocycles. The maximum Gasteiger partial charge on any atom is 0.404 e. The molecule has 1 atom stereocenters. The number of aromatic nitrogens is 2. The van der Waals surface area contributed by atoms with E-state index in [0.29, 0.717) is 5.75 Å². The summed E-state index contributed by atoms with van der Waals surface area (Å²) in [6.07, 6.45) is 1.29. The van der Waals surface area contributed by atoms with Gasteiger partial charge in [-0.3, -0.25) is 4.57 Å². The van der Waals surface area contributed by atoms with Gasteiger partial charge in [0.2, 0.25) is 0 Å². The van der Waals surface area contributed by atoms with Crippen LogP contribution < -0.4 is 15.9 Å². The summed E-state index contributed by atoms with van der Waals surface area (Å²) in [4.78, 5) is 15.1. The summed E-state index contributed by atoms with van der Waals surface area (Å²) in [5.41, 5.74) is 4.94. The number of hydrogen-bond acceptors (Lipinski definition) is 7. The van der Waals surface area contributed by atoms with Crippen LogP contribution in [0.15, 0.2) is 47.4 Å². The maximum absolute atomic E-state index is 12.4. The molecule has 8 nitrogen and oxygen atoms in total. The van der Waals surface area contributed by atoms with Gasteiger partial charge in [0.25, 0.3) is 0 Å². The molecule has 124 valence electrons. The number of nitrogens with two attached hydrogens (primary N) is 1. The molecule has 0 bridgehead atoms. The van der Waals surface area contributed by atoms with Crippen LogP contribution in [0.3, 0.4) is 0 Å². The standard InChI is InChI=1S/C14H18N3O5P/c1-20-23(19,22-12-5-3-2-4-6-12)11-21-10-9-17-8-7-13(15)16-14(17)18/h2-8H,9-11H2,1H3,(H2,15,16,18). The third-order valence-electron chi connectivity index (χ3n) is 2.89. The third kappa shape index (κ3) is 5.21. The number of hydrogen-bond donors (Lipinski definition) is 1. The van der Waals surface area contributed by atoms with Crippen LogP contribution in [0.4, 0.5) is 5.82 Å². The molecule has 2 aromatic rings. The van der Waals surface area contributed by atoms with Gasteiger partial charge in [0.05, 0.1) is 13.2 Å². The largest absolute Gasteiger partial charge is 0.423 e. The molecule has 0 amide bonds. The monoisotopic (exact) mass is 339 g/mol. The summed E-state index contributed by atoms with van der Waals surface area (Å²) >= 11 is 0. The van der Waals surface area contributed by atoms with Gasteiger partial charge in [-0.05, 0) is 18.2 Å². The highest BCUT2D eigenvalue weighted by molar-refractivity contribution is 7.54. The van der Waals surface area contributed by atoms with Gasteiger partial charge >= 0.3 is 13.3 Å². The predicted octanol–water partition coefficient (Wildman–Crippen LogP) is 1.72.